The standard InChI is InChI=1S/C27H42N4O4S/c1-3-5-13-28-20-26(32)25(16-21-11-7-6-8-12-21)30-27(33)22-17-23(29-4-2)19-24(18-22)31-14-9-10-15-36(31,34)35/h6-8,11-12,17-19,25-26,28-29,32,34-35H,3-5,9-10,13-16,20H2,1-2H3,(H,30,33)/t25-,26+/m0/s1. The maximum absolute atomic E-state index is 13.5. The molecule has 1 fully saturated rings. The number of aliphatic hydroxyl groups is 1. The lowest BCUT2D eigenvalue weighted by Gasteiger charge is -2.47. The monoisotopic (exact) mass is 518 g/mol. The Morgan fingerprint density at radius 1 is 1.11 bits per heavy atom. The molecule has 2 aromatic carbocycles. The van der Waals surface area contributed by atoms with Gasteiger partial charge in [-0.1, -0.05) is 43.7 Å². The van der Waals surface area contributed by atoms with Gasteiger partial charge < -0.3 is 21.1 Å². The van der Waals surface area contributed by atoms with Gasteiger partial charge in [-0.25, -0.2) is 0 Å². The lowest BCUT2D eigenvalue weighted by Crippen LogP contribution is -2.49. The highest BCUT2D eigenvalue weighted by Crippen LogP contribution is 2.50. The fourth-order valence-electron chi connectivity index (χ4n) is 4.39. The van der Waals surface area contributed by atoms with Crippen molar-refractivity contribution in [1.82, 2.24) is 10.6 Å². The van der Waals surface area contributed by atoms with Gasteiger partial charge in [0.1, 0.15) is 0 Å². The second kappa shape index (κ2) is 13.9. The molecule has 0 aliphatic carbocycles. The molecule has 8 nitrogen and oxygen atoms in total. The molecule has 1 amide bonds. The first-order valence-corrected chi connectivity index (χ1v) is 14.7. The lowest BCUT2D eigenvalue weighted by molar-refractivity contribution is 0.0831. The first kappa shape index (κ1) is 28.3. The van der Waals surface area contributed by atoms with E-state index in [1.165, 1.54) is 0 Å². The van der Waals surface area contributed by atoms with Crippen molar-refractivity contribution in [3.63, 3.8) is 0 Å². The maximum atomic E-state index is 13.5. The summed E-state index contributed by atoms with van der Waals surface area (Å²) in [4.78, 5) is 13.5. The summed E-state index contributed by atoms with van der Waals surface area (Å²) < 4.78 is 22.9. The van der Waals surface area contributed by atoms with Gasteiger partial charge in [-0.05, 0) is 62.9 Å². The molecule has 1 aliphatic rings. The second-order valence-corrected chi connectivity index (χ2v) is 11.5. The number of aliphatic hydroxyl groups excluding tert-OH is 1. The highest BCUT2D eigenvalue weighted by atomic mass is 32.3. The van der Waals surface area contributed by atoms with E-state index in [2.05, 4.69) is 22.9 Å². The van der Waals surface area contributed by atoms with Crippen molar-refractivity contribution in [3.05, 3.63) is 59.7 Å². The molecule has 6 N–H and O–H groups in total. The summed E-state index contributed by atoms with van der Waals surface area (Å²) in [7, 11) is -2.92. The summed E-state index contributed by atoms with van der Waals surface area (Å²) in [6.45, 7) is 6.48. The molecule has 2 atom stereocenters. The number of nitrogens with one attached hydrogen (secondary N) is 3. The first-order valence-electron chi connectivity index (χ1n) is 13.0. The fraction of sp³-hybridized carbons (Fsp3) is 0.519. The van der Waals surface area contributed by atoms with Crippen molar-refractivity contribution in [2.45, 2.75) is 58.1 Å². The van der Waals surface area contributed by atoms with Crippen molar-refractivity contribution in [2.75, 3.05) is 41.6 Å². The third-order valence-corrected chi connectivity index (χ3v) is 8.31. The van der Waals surface area contributed by atoms with E-state index in [1.54, 1.807) is 16.4 Å². The first-order chi connectivity index (χ1) is 17.3. The van der Waals surface area contributed by atoms with E-state index in [0.717, 1.165) is 43.5 Å². The van der Waals surface area contributed by atoms with Crippen LogP contribution < -0.4 is 20.3 Å². The molecule has 36 heavy (non-hydrogen) atoms. The summed E-state index contributed by atoms with van der Waals surface area (Å²) in [5, 5.41) is 20.5. The van der Waals surface area contributed by atoms with Gasteiger partial charge in [-0.2, -0.15) is 0 Å². The normalized spacial score (nSPS) is 17.8. The average molecular weight is 519 g/mol. The number of hydrogen-bond acceptors (Lipinski definition) is 7. The zero-order valence-corrected chi connectivity index (χ0v) is 22.3. The molecule has 1 heterocycles. The number of amides is 1. The Balaban J connectivity index is 1.83. The summed E-state index contributed by atoms with van der Waals surface area (Å²) in [6, 6.07) is 14.7. The van der Waals surface area contributed by atoms with Gasteiger partial charge in [0.15, 0.2) is 0 Å². The molecule has 3 rings (SSSR count). The van der Waals surface area contributed by atoms with E-state index in [-0.39, 0.29) is 5.91 Å². The summed E-state index contributed by atoms with van der Waals surface area (Å²) >= 11 is 0. The Labute approximate surface area is 217 Å². The van der Waals surface area contributed by atoms with Gasteiger partial charge in [-0.3, -0.25) is 18.2 Å². The van der Waals surface area contributed by atoms with Gasteiger partial charge in [0.25, 0.3) is 5.91 Å². The minimum atomic E-state index is -2.92. The second-order valence-electron chi connectivity index (χ2n) is 9.34. The topological polar surface area (TPSA) is 117 Å². The number of rotatable bonds is 13. The highest BCUT2D eigenvalue weighted by molar-refractivity contribution is 8.25. The molecule has 0 spiro atoms. The number of benzene rings is 2. The molecule has 1 aliphatic heterocycles. The minimum absolute atomic E-state index is 0.307. The van der Waals surface area contributed by atoms with Crippen LogP contribution in [0.1, 0.15) is 55.5 Å². The van der Waals surface area contributed by atoms with E-state index in [0.29, 0.717) is 43.1 Å². The van der Waals surface area contributed by atoms with Crippen LogP contribution in [0, 0.1) is 0 Å². The van der Waals surface area contributed by atoms with Crippen LogP contribution in [0.2, 0.25) is 0 Å². The Bertz CT molecular complexity index is 960. The van der Waals surface area contributed by atoms with E-state index in [1.807, 2.05) is 43.3 Å². The van der Waals surface area contributed by atoms with Crippen LogP contribution in [0.5, 0.6) is 0 Å². The Hall–Kier alpha value is -2.30. The minimum Gasteiger partial charge on any atom is -0.390 e. The molecule has 2 aromatic rings. The van der Waals surface area contributed by atoms with Crippen LogP contribution in [0.3, 0.4) is 0 Å². The molecular weight excluding hydrogens is 476 g/mol. The highest BCUT2D eigenvalue weighted by Gasteiger charge is 2.28. The molecule has 0 aromatic heterocycles. The van der Waals surface area contributed by atoms with Gasteiger partial charge in [0.2, 0.25) is 0 Å². The molecular formula is C27H42N4O4S. The molecule has 200 valence electrons. The van der Waals surface area contributed by atoms with Crippen LogP contribution in [0.4, 0.5) is 11.4 Å². The fourth-order valence-corrected chi connectivity index (χ4v) is 6.07. The molecule has 0 radical (unpaired) electrons. The van der Waals surface area contributed by atoms with Crippen LogP contribution >= 0.6 is 10.8 Å². The number of anilines is 2. The van der Waals surface area contributed by atoms with E-state index in [4.69, 9.17) is 0 Å². The molecule has 0 saturated carbocycles. The van der Waals surface area contributed by atoms with Crippen molar-refractivity contribution < 1.29 is 19.0 Å². The van der Waals surface area contributed by atoms with Crippen molar-refractivity contribution >= 4 is 28.1 Å². The van der Waals surface area contributed by atoms with E-state index >= 15 is 0 Å². The third kappa shape index (κ3) is 8.11. The lowest BCUT2D eigenvalue weighted by atomic mass is 10.00. The van der Waals surface area contributed by atoms with Gasteiger partial charge in [-0.15, -0.1) is 10.8 Å². The number of hydrogen-bond donors (Lipinski definition) is 6. The van der Waals surface area contributed by atoms with Crippen LogP contribution in [-0.2, 0) is 6.42 Å². The quantitative estimate of drug-likeness (QED) is 0.217. The predicted octanol–water partition coefficient (Wildman–Crippen LogP) is 4.48. The van der Waals surface area contributed by atoms with Crippen LogP contribution in [0.25, 0.3) is 0 Å². The molecule has 0 bridgehead atoms. The van der Waals surface area contributed by atoms with Gasteiger partial charge in [0, 0.05) is 30.9 Å². The van der Waals surface area contributed by atoms with Crippen molar-refractivity contribution in [3.8, 4) is 0 Å². The largest absolute Gasteiger partial charge is 0.390 e. The maximum Gasteiger partial charge on any atom is 0.251 e. The van der Waals surface area contributed by atoms with E-state index < -0.39 is 22.9 Å². The zero-order chi connectivity index (χ0) is 26.0. The smallest absolute Gasteiger partial charge is 0.251 e. The summed E-state index contributed by atoms with van der Waals surface area (Å²) in [5.41, 5.74) is 2.79. The van der Waals surface area contributed by atoms with Crippen LogP contribution in [-0.4, -0.2) is 64.2 Å². The summed E-state index contributed by atoms with van der Waals surface area (Å²) in [5.74, 6) is 0.0223. The van der Waals surface area contributed by atoms with Crippen molar-refractivity contribution in [1.29, 1.82) is 0 Å². The molecule has 0 unspecified atom stereocenters. The third-order valence-electron chi connectivity index (χ3n) is 6.37. The zero-order valence-electron chi connectivity index (χ0n) is 21.4. The molecule has 1 saturated heterocycles. The molecule has 9 heteroatoms. The SMILES string of the molecule is CCCCNC[C@@H](O)[C@H](Cc1ccccc1)NC(=O)c1cc(NCC)cc(N2CCCCS2(O)O)c1. The number of carbonyl (C=O) groups excluding carboxylic acids is 1. The van der Waals surface area contributed by atoms with Crippen molar-refractivity contribution in [2.24, 2.45) is 0 Å². The Morgan fingerprint density at radius 3 is 2.58 bits per heavy atom. The summed E-state index contributed by atoms with van der Waals surface area (Å²) in [6.07, 6.45) is 3.45. The Morgan fingerprint density at radius 2 is 1.89 bits per heavy atom. The number of nitrogens with zero attached hydrogens (tertiary/aromatic N) is 1. The predicted molar refractivity (Wildman–Crippen MR) is 150 cm³/mol. The average Bonchev–Trinajstić information content (AvgIpc) is 2.86. The number of unbranched alkanes of at least 4 members (excludes halogenated alkanes) is 1. The van der Waals surface area contributed by atoms with Gasteiger partial charge >= 0.3 is 0 Å². The number of carbonyl (C=O) groups is 1. The Kier molecular flexibility index (Phi) is 10.9. The van der Waals surface area contributed by atoms with Gasteiger partial charge in [0.05, 0.1) is 23.6 Å². The van der Waals surface area contributed by atoms with E-state index in [9.17, 15) is 19.0 Å². The van der Waals surface area contributed by atoms with Crippen LogP contribution in [0.15, 0.2) is 48.5 Å².